The van der Waals surface area contributed by atoms with Gasteiger partial charge in [-0.1, -0.05) is 19.1 Å². The van der Waals surface area contributed by atoms with Gasteiger partial charge in [-0.3, -0.25) is 0 Å². The third-order valence-corrected chi connectivity index (χ3v) is 4.32. The summed E-state index contributed by atoms with van der Waals surface area (Å²) in [4.78, 5) is 0.261. The average molecular weight is 295 g/mol. The molecule has 6 nitrogen and oxygen atoms in total. The first-order chi connectivity index (χ1) is 9.51. The Balaban J connectivity index is 1.96. The van der Waals surface area contributed by atoms with E-state index in [0.29, 0.717) is 18.2 Å². The maximum absolute atomic E-state index is 12.0. The van der Waals surface area contributed by atoms with Crippen LogP contribution in [0.3, 0.4) is 0 Å². The molecule has 108 valence electrons. The van der Waals surface area contributed by atoms with Crippen molar-refractivity contribution in [3.63, 3.8) is 0 Å². The Bertz CT molecular complexity index is 662. The van der Waals surface area contributed by atoms with Crippen molar-refractivity contribution >= 4 is 10.0 Å². The quantitative estimate of drug-likeness (QED) is 0.872. The molecule has 1 aromatic heterocycles. The predicted molar refractivity (Wildman–Crippen MR) is 73.7 cm³/mol. The topological polar surface area (TPSA) is 85.1 Å². The van der Waals surface area contributed by atoms with Gasteiger partial charge in [-0.05, 0) is 24.1 Å². The first-order valence-electron chi connectivity index (χ1n) is 6.39. The summed E-state index contributed by atoms with van der Waals surface area (Å²) in [7, 11) is -3.49. The normalized spacial score (nSPS) is 11.7. The second kappa shape index (κ2) is 6.15. The fourth-order valence-electron chi connectivity index (χ4n) is 1.72. The van der Waals surface area contributed by atoms with Gasteiger partial charge in [0.2, 0.25) is 21.8 Å². The Hall–Kier alpha value is -1.73. The minimum atomic E-state index is -3.49. The predicted octanol–water partition coefficient (Wildman–Crippen LogP) is 1.46. The van der Waals surface area contributed by atoms with E-state index >= 15 is 0 Å². The SMILES string of the molecule is CCc1ccc(S(=O)(=O)NCCc2nnc(C)o2)cc1. The van der Waals surface area contributed by atoms with Crippen LogP contribution in [0.1, 0.15) is 24.3 Å². The Labute approximate surface area is 118 Å². The second-order valence-electron chi connectivity index (χ2n) is 4.36. The Morgan fingerprint density at radius 1 is 1.20 bits per heavy atom. The van der Waals surface area contributed by atoms with E-state index in [1.807, 2.05) is 19.1 Å². The Morgan fingerprint density at radius 3 is 2.45 bits per heavy atom. The molecule has 0 saturated carbocycles. The third kappa shape index (κ3) is 3.64. The summed E-state index contributed by atoms with van der Waals surface area (Å²) in [5.41, 5.74) is 1.10. The lowest BCUT2D eigenvalue weighted by atomic mass is 10.2. The van der Waals surface area contributed by atoms with Crippen LogP contribution >= 0.6 is 0 Å². The molecule has 0 bridgehead atoms. The summed E-state index contributed by atoms with van der Waals surface area (Å²) in [6, 6.07) is 6.85. The Morgan fingerprint density at radius 2 is 1.90 bits per heavy atom. The van der Waals surface area contributed by atoms with Gasteiger partial charge < -0.3 is 4.42 Å². The fourth-order valence-corrected chi connectivity index (χ4v) is 2.75. The van der Waals surface area contributed by atoms with Crippen molar-refractivity contribution < 1.29 is 12.8 Å². The zero-order valence-corrected chi connectivity index (χ0v) is 12.3. The molecular formula is C13H17N3O3S. The van der Waals surface area contributed by atoms with E-state index in [2.05, 4.69) is 14.9 Å². The highest BCUT2D eigenvalue weighted by Gasteiger charge is 2.13. The van der Waals surface area contributed by atoms with E-state index in [1.165, 1.54) is 0 Å². The summed E-state index contributed by atoms with van der Waals surface area (Å²) in [6.07, 6.45) is 1.25. The molecular weight excluding hydrogens is 278 g/mol. The number of sulfonamides is 1. The number of hydrogen-bond donors (Lipinski definition) is 1. The molecule has 1 aromatic carbocycles. The van der Waals surface area contributed by atoms with Crippen LogP contribution in [0.5, 0.6) is 0 Å². The van der Waals surface area contributed by atoms with Gasteiger partial charge >= 0.3 is 0 Å². The first-order valence-corrected chi connectivity index (χ1v) is 7.87. The van der Waals surface area contributed by atoms with E-state index in [1.54, 1.807) is 19.1 Å². The highest BCUT2D eigenvalue weighted by atomic mass is 32.2. The number of aromatic nitrogens is 2. The van der Waals surface area contributed by atoms with Crippen molar-refractivity contribution in [2.45, 2.75) is 31.6 Å². The monoisotopic (exact) mass is 295 g/mol. The standard InChI is InChI=1S/C13H17N3O3S/c1-3-11-4-6-12(7-5-11)20(17,18)14-9-8-13-16-15-10(2)19-13/h4-7,14H,3,8-9H2,1-2H3. The van der Waals surface area contributed by atoms with Gasteiger partial charge in [-0.15, -0.1) is 10.2 Å². The van der Waals surface area contributed by atoms with Gasteiger partial charge in [0.1, 0.15) is 0 Å². The molecule has 7 heteroatoms. The van der Waals surface area contributed by atoms with Gasteiger partial charge in [0.05, 0.1) is 4.90 Å². The molecule has 20 heavy (non-hydrogen) atoms. The second-order valence-corrected chi connectivity index (χ2v) is 6.13. The maximum Gasteiger partial charge on any atom is 0.240 e. The van der Waals surface area contributed by atoms with Crippen LogP contribution in [0.4, 0.5) is 0 Å². The lowest BCUT2D eigenvalue weighted by molar-refractivity contribution is 0.466. The van der Waals surface area contributed by atoms with E-state index in [-0.39, 0.29) is 11.4 Å². The fraction of sp³-hybridized carbons (Fsp3) is 0.385. The third-order valence-electron chi connectivity index (χ3n) is 2.84. The molecule has 0 atom stereocenters. The van der Waals surface area contributed by atoms with Crippen LogP contribution in [-0.4, -0.2) is 25.2 Å². The van der Waals surface area contributed by atoms with Crippen molar-refractivity contribution in [3.05, 3.63) is 41.6 Å². The number of aryl methyl sites for hydroxylation is 2. The number of benzene rings is 1. The summed E-state index contributed by atoms with van der Waals surface area (Å²) >= 11 is 0. The summed E-state index contributed by atoms with van der Waals surface area (Å²) in [5, 5.41) is 7.49. The zero-order valence-electron chi connectivity index (χ0n) is 11.5. The van der Waals surface area contributed by atoms with Crippen molar-refractivity contribution in [1.29, 1.82) is 0 Å². The van der Waals surface area contributed by atoms with Crippen LogP contribution in [0.25, 0.3) is 0 Å². The molecule has 0 unspecified atom stereocenters. The van der Waals surface area contributed by atoms with Crippen LogP contribution in [0.15, 0.2) is 33.6 Å². The average Bonchev–Trinajstić information content (AvgIpc) is 2.84. The van der Waals surface area contributed by atoms with Gasteiger partial charge in [0.15, 0.2) is 0 Å². The molecule has 2 rings (SSSR count). The first kappa shape index (κ1) is 14.7. The molecule has 0 spiro atoms. The summed E-state index contributed by atoms with van der Waals surface area (Å²) < 4.78 is 31.8. The number of nitrogens with zero attached hydrogens (tertiary/aromatic N) is 2. The highest BCUT2D eigenvalue weighted by molar-refractivity contribution is 7.89. The van der Waals surface area contributed by atoms with Crippen LogP contribution in [0, 0.1) is 6.92 Å². The van der Waals surface area contributed by atoms with E-state index in [4.69, 9.17) is 4.42 Å². The molecule has 1 heterocycles. The number of nitrogens with one attached hydrogen (secondary N) is 1. The Kier molecular flexibility index (Phi) is 4.51. The lowest BCUT2D eigenvalue weighted by Gasteiger charge is -2.06. The molecule has 0 radical (unpaired) electrons. The minimum Gasteiger partial charge on any atom is -0.426 e. The molecule has 0 aliphatic carbocycles. The molecule has 2 aromatic rings. The van der Waals surface area contributed by atoms with Crippen molar-refractivity contribution in [1.82, 2.24) is 14.9 Å². The van der Waals surface area contributed by atoms with Gasteiger partial charge in [0.25, 0.3) is 0 Å². The van der Waals surface area contributed by atoms with Crippen molar-refractivity contribution in [2.75, 3.05) is 6.54 Å². The van der Waals surface area contributed by atoms with Gasteiger partial charge in [-0.2, -0.15) is 0 Å². The number of hydrogen-bond acceptors (Lipinski definition) is 5. The summed E-state index contributed by atoms with van der Waals surface area (Å²) in [5.74, 6) is 0.893. The lowest BCUT2D eigenvalue weighted by Crippen LogP contribution is -2.26. The molecule has 0 amide bonds. The van der Waals surface area contributed by atoms with E-state index in [0.717, 1.165) is 12.0 Å². The molecule has 0 aliphatic heterocycles. The number of rotatable bonds is 6. The van der Waals surface area contributed by atoms with E-state index < -0.39 is 10.0 Å². The van der Waals surface area contributed by atoms with Crippen LogP contribution < -0.4 is 4.72 Å². The summed E-state index contributed by atoms with van der Waals surface area (Å²) in [6.45, 7) is 3.93. The maximum atomic E-state index is 12.0. The van der Waals surface area contributed by atoms with Crippen LogP contribution in [0.2, 0.25) is 0 Å². The smallest absolute Gasteiger partial charge is 0.240 e. The highest BCUT2D eigenvalue weighted by Crippen LogP contribution is 2.11. The van der Waals surface area contributed by atoms with Crippen molar-refractivity contribution in [3.8, 4) is 0 Å². The molecule has 1 N–H and O–H groups in total. The largest absolute Gasteiger partial charge is 0.426 e. The molecule has 0 fully saturated rings. The van der Waals surface area contributed by atoms with Crippen molar-refractivity contribution in [2.24, 2.45) is 0 Å². The molecule has 0 saturated heterocycles. The van der Waals surface area contributed by atoms with Gasteiger partial charge in [0, 0.05) is 19.9 Å². The minimum absolute atomic E-state index is 0.222. The van der Waals surface area contributed by atoms with Gasteiger partial charge in [-0.25, -0.2) is 13.1 Å². The van der Waals surface area contributed by atoms with E-state index in [9.17, 15) is 8.42 Å². The molecule has 0 aliphatic rings. The van der Waals surface area contributed by atoms with Crippen LogP contribution in [-0.2, 0) is 22.9 Å². The zero-order chi connectivity index (χ0) is 14.6.